The van der Waals surface area contributed by atoms with Crippen LogP contribution in [-0.2, 0) is 4.79 Å². The Labute approximate surface area is 154 Å². The number of carbonyl (C=O) groups excluding carboxylic acids is 1. The minimum atomic E-state index is -0.425. The standard InChI is InChI=1S/C21H16O6/c1-11-8-18(22)27-21-13(11)3-5-16-20(21)14(10-19(23)26-16)12-2-4-15-17(9-12)25-7-6-24-15/h2-5,8-9,14H,6-7,10H2,1H3. The highest BCUT2D eigenvalue weighted by atomic mass is 16.6. The predicted octanol–water partition coefficient (Wildman–Crippen LogP) is 3.31. The second kappa shape index (κ2) is 5.87. The Morgan fingerprint density at radius 1 is 0.926 bits per heavy atom. The Kier molecular flexibility index (Phi) is 3.47. The summed E-state index contributed by atoms with van der Waals surface area (Å²) in [6.07, 6.45) is 0.156. The van der Waals surface area contributed by atoms with Crippen molar-refractivity contribution in [3.63, 3.8) is 0 Å². The fraction of sp³-hybridized carbons (Fsp3) is 0.238. The molecule has 0 spiro atoms. The minimum Gasteiger partial charge on any atom is -0.486 e. The highest BCUT2D eigenvalue weighted by Crippen LogP contribution is 2.45. The molecule has 0 radical (unpaired) electrons. The number of hydrogen-bond donors (Lipinski definition) is 0. The minimum absolute atomic E-state index is 0.156. The van der Waals surface area contributed by atoms with Gasteiger partial charge in [0.25, 0.3) is 0 Å². The van der Waals surface area contributed by atoms with E-state index in [0.29, 0.717) is 41.6 Å². The van der Waals surface area contributed by atoms with E-state index in [1.807, 2.05) is 31.2 Å². The lowest BCUT2D eigenvalue weighted by molar-refractivity contribution is -0.135. The van der Waals surface area contributed by atoms with Crippen LogP contribution in [0.5, 0.6) is 17.2 Å². The summed E-state index contributed by atoms with van der Waals surface area (Å²) in [5.74, 6) is 1.14. The summed E-state index contributed by atoms with van der Waals surface area (Å²) in [6.45, 7) is 2.86. The van der Waals surface area contributed by atoms with Crippen LogP contribution in [0.2, 0.25) is 0 Å². The van der Waals surface area contributed by atoms with Crippen LogP contribution in [0.25, 0.3) is 11.0 Å². The van der Waals surface area contributed by atoms with Crippen LogP contribution in [0.15, 0.2) is 45.6 Å². The number of benzene rings is 2. The van der Waals surface area contributed by atoms with Crippen molar-refractivity contribution in [2.45, 2.75) is 19.3 Å². The first kappa shape index (κ1) is 15.9. The average molecular weight is 364 g/mol. The van der Waals surface area contributed by atoms with E-state index < -0.39 is 5.63 Å². The van der Waals surface area contributed by atoms with Crippen LogP contribution in [-0.4, -0.2) is 19.2 Å². The summed E-state index contributed by atoms with van der Waals surface area (Å²) in [5.41, 5.74) is 2.45. The highest BCUT2D eigenvalue weighted by Gasteiger charge is 2.32. The normalized spacial score (nSPS) is 18.1. The molecular formula is C21H16O6. The predicted molar refractivity (Wildman–Crippen MR) is 96.7 cm³/mol. The van der Waals surface area contributed by atoms with Crippen LogP contribution in [0, 0.1) is 6.92 Å². The average Bonchev–Trinajstić information content (AvgIpc) is 2.66. The zero-order valence-corrected chi connectivity index (χ0v) is 14.6. The number of aryl methyl sites for hydroxylation is 1. The van der Waals surface area contributed by atoms with Gasteiger partial charge in [-0.05, 0) is 42.3 Å². The van der Waals surface area contributed by atoms with Crippen molar-refractivity contribution >= 4 is 16.9 Å². The lowest BCUT2D eigenvalue weighted by Crippen LogP contribution is -2.22. The van der Waals surface area contributed by atoms with Crippen LogP contribution >= 0.6 is 0 Å². The molecule has 1 atom stereocenters. The van der Waals surface area contributed by atoms with Crippen molar-refractivity contribution in [2.24, 2.45) is 0 Å². The van der Waals surface area contributed by atoms with Crippen LogP contribution in [0.4, 0.5) is 0 Å². The van der Waals surface area contributed by atoms with Crippen LogP contribution < -0.4 is 19.8 Å². The molecule has 0 amide bonds. The molecule has 0 fully saturated rings. The molecule has 3 heterocycles. The van der Waals surface area contributed by atoms with Crippen molar-refractivity contribution in [3.8, 4) is 17.2 Å². The maximum atomic E-state index is 12.2. The van der Waals surface area contributed by atoms with E-state index in [4.69, 9.17) is 18.6 Å². The van der Waals surface area contributed by atoms with Gasteiger partial charge in [-0.3, -0.25) is 4.79 Å². The lowest BCUT2D eigenvalue weighted by atomic mass is 9.85. The molecule has 136 valence electrons. The number of esters is 1. The molecule has 1 unspecified atom stereocenters. The van der Waals surface area contributed by atoms with Crippen molar-refractivity contribution in [1.29, 1.82) is 0 Å². The molecule has 0 saturated heterocycles. The SMILES string of the molecule is Cc1cc(=O)oc2c3c(ccc12)OC(=O)CC3c1ccc2c(c1)OCCO2. The van der Waals surface area contributed by atoms with Gasteiger partial charge in [0.1, 0.15) is 24.5 Å². The van der Waals surface area contributed by atoms with Gasteiger partial charge in [0, 0.05) is 22.9 Å². The van der Waals surface area contributed by atoms with Crippen LogP contribution in [0.3, 0.4) is 0 Å². The number of fused-ring (bicyclic) bond motifs is 4. The molecule has 5 rings (SSSR count). The zero-order chi connectivity index (χ0) is 18.5. The van der Waals surface area contributed by atoms with Gasteiger partial charge in [0.05, 0.1) is 6.42 Å². The van der Waals surface area contributed by atoms with Crippen molar-refractivity contribution in [1.82, 2.24) is 0 Å². The van der Waals surface area contributed by atoms with E-state index in [1.54, 1.807) is 6.07 Å². The molecule has 27 heavy (non-hydrogen) atoms. The van der Waals surface area contributed by atoms with Crippen molar-refractivity contribution in [2.75, 3.05) is 13.2 Å². The van der Waals surface area contributed by atoms with E-state index in [-0.39, 0.29) is 18.3 Å². The molecule has 6 nitrogen and oxygen atoms in total. The first-order valence-electron chi connectivity index (χ1n) is 8.78. The summed E-state index contributed by atoms with van der Waals surface area (Å²) in [6, 6.07) is 10.7. The quantitative estimate of drug-likeness (QED) is 0.375. The van der Waals surface area contributed by atoms with Gasteiger partial charge in [-0.15, -0.1) is 0 Å². The molecule has 3 aromatic rings. The topological polar surface area (TPSA) is 75.0 Å². The molecule has 0 saturated carbocycles. The maximum Gasteiger partial charge on any atom is 0.336 e. The van der Waals surface area contributed by atoms with Gasteiger partial charge in [0.2, 0.25) is 0 Å². The second-order valence-electron chi connectivity index (χ2n) is 6.74. The maximum absolute atomic E-state index is 12.2. The van der Waals surface area contributed by atoms with Gasteiger partial charge >= 0.3 is 11.6 Å². The van der Waals surface area contributed by atoms with Crippen molar-refractivity contribution in [3.05, 3.63) is 63.5 Å². The third kappa shape index (κ3) is 2.56. The van der Waals surface area contributed by atoms with E-state index in [0.717, 1.165) is 16.5 Å². The monoisotopic (exact) mass is 364 g/mol. The summed E-state index contributed by atoms with van der Waals surface area (Å²) in [4.78, 5) is 24.2. The largest absolute Gasteiger partial charge is 0.486 e. The van der Waals surface area contributed by atoms with E-state index in [2.05, 4.69) is 0 Å². The Morgan fingerprint density at radius 2 is 1.70 bits per heavy atom. The van der Waals surface area contributed by atoms with E-state index >= 15 is 0 Å². The Balaban J connectivity index is 1.75. The van der Waals surface area contributed by atoms with Gasteiger partial charge in [-0.25, -0.2) is 4.79 Å². The van der Waals surface area contributed by atoms with E-state index in [9.17, 15) is 9.59 Å². The molecule has 0 N–H and O–H groups in total. The number of carbonyl (C=O) groups is 1. The molecule has 2 aromatic carbocycles. The molecule has 2 aliphatic heterocycles. The third-order valence-electron chi connectivity index (χ3n) is 5.03. The van der Waals surface area contributed by atoms with Crippen molar-refractivity contribution < 1.29 is 23.4 Å². The van der Waals surface area contributed by atoms with Gasteiger partial charge in [-0.1, -0.05) is 6.07 Å². The molecule has 0 bridgehead atoms. The first-order chi connectivity index (χ1) is 13.1. The van der Waals surface area contributed by atoms with E-state index in [1.165, 1.54) is 6.07 Å². The zero-order valence-electron chi connectivity index (χ0n) is 14.6. The number of rotatable bonds is 1. The smallest absolute Gasteiger partial charge is 0.336 e. The Hall–Kier alpha value is -3.28. The Bertz CT molecular complexity index is 1140. The fourth-order valence-corrected chi connectivity index (χ4v) is 3.80. The highest BCUT2D eigenvalue weighted by molar-refractivity contribution is 5.90. The Morgan fingerprint density at radius 3 is 2.56 bits per heavy atom. The molecule has 0 aliphatic carbocycles. The first-order valence-corrected chi connectivity index (χ1v) is 8.78. The number of hydrogen-bond acceptors (Lipinski definition) is 6. The lowest BCUT2D eigenvalue weighted by Gasteiger charge is -2.27. The molecule has 1 aromatic heterocycles. The molecule has 2 aliphatic rings. The second-order valence-corrected chi connectivity index (χ2v) is 6.74. The number of ether oxygens (including phenoxy) is 3. The van der Waals surface area contributed by atoms with Gasteiger partial charge < -0.3 is 18.6 Å². The molecular weight excluding hydrogens is 348 g/mol. The van der Waals surface area contributed by atoms with Gasteiger partial charge in [0.15, 0.2) is 11.5 Å². The molecule has 6 heteroatoms. The fourth-order valence-electron chi connectivity index (χ4n) is 3.80. The third-order valence-corrected chi connectivity index (χ3v) is 5.03. The van der Waals surface area contributed by atoms with Crippen LogP contribution in [0.1, 0.15) is 29.0 Å². The summed E-state index contributed by atoms with van der Waals surface area (Å²) in [5, 5.41) is 0.828. The summed E-state index contributed by atoms with van der Waals surface area (Å²) >= 11 is 0. The summed E-state index contributed by atoms with van der Waals surface area (Å²) in [7, 11) is 0. The summed E-state index contributed by atoms with van der Waals surface area (Å²) < 4.78 is 22.2. The van der Waals surface area contributed by atoms with Gasteiger partial charge in [-0.2, -0.15) is 0 Å².